The first-order valence-electron chi connectivity index (χ1n) is 14.0. The minimum atomic E-state index is -1.05. The van der Waals surface area contributed by atoms with Gasteiger partial charge in [-0.3, -0.25) is 14.4 Å². The van der Waals surface area contributed by atoms with Crippen LogP contribution in [-0.2, 0) is 14.4 Å². The van der Waals surface area contributed by atoms with Gasteiger partial charge in [0.2, 0.25) is 17.7 Å². The van der Waals surface area contributed by atoms with Gasteiger partial charge in [0.15, 0.2) is 0 Å². The van der Waals surface area contributed by atoms with Gasteiger partial charge in [-0.25, -0.2) is 4.79 Å². The van der Waals surface area contributed by atoms with Crippen LogP contribution in [0.5, 0.6) is 0 Å². The van der Waals surface area contributed by atoms with E-state index >= 15 is 0 Å². The highest BCUT2D eigenvalue weighted by Gasteiger charge is 2.43. The van der Waals surface area contributed by atoms with E-state index in [1.54, 1.807) is 33.9 Å². The zero-order valence-corrected chi connectivity index (χ0v) is 24.6. The largest absolute Gasteiger partial charge is 0.478 e. The van der Waals surface area contributed by atoms with Gasteiger partial charge in [-0.15, -0.1) is 0 Å². The molecule has 3 rings (SSSR count). The maximum Gasteiger partial charge on any atom is 0.335 e. The summed E-state index contributed by atoms with van der Waals surface area (Å²) in [5.41, 5.74) is 14.0. The second-order valence-electron chi connectivity index (χ2n) is 11.5. The highest BCUT2D eigenvalue weighted by atomic mass is 16.4. The SMILES string of the molecule is CC(C)N(C(=O)C(c1cccc(N(C)C(=O)CN(C)C)c1)C1C[C@H](C(N)=O)CC[C@@H]1CN)c1ccc(C(=O)O)cc1. The summed E-state index contributed by atoms with van der Waals surface area (Å²) in [5.74, 6) is -3.04. The summed E-state index contributed by atoms with van der Waals surface area (Å²) in [5, 5.41) is 9.36. The number of likely N-dealkylation sites (N-methyl/N-ethyl adjacent to an activating group) is 2. The molecule has 2 aromatic rings. The molecule has 41 heavy (non-hydrogen) atoms. The Kier molecular flexibility index (Phi) is 10.6. The van der Waals surface area contributed by atoms with E-state index in [0.717, 1.165) is 5.56 Å². The highest BCUT2D eigenvalue weighted by molar-refractivity contribution is 6.00. The molecule has 0 heterocycles. The van der Waals surface area contributed by atoms with Crippen molar-refractivity contribution >= 4 is 35.1 Å². The summed E-state index contributed by atoms with van der Waals surface area (Å²) in [6.45, 7) is 4.39. The van der Waals surface area contributed by atoms with E-state index in [1.807, 2.05) is 52.2 Å². The monoisotopic (exact) mass is 565 g/mol. The van der Waals surface area contributed by atoms with Crippen LogP contribution in [0, 0.1) is 17.8 Å². The van der Waals surface area contributed by atoms with Crippen LogP contribution >= 0.6 is 0 Å². The Labute approximate surface area is 242 Å². The number of anilines is 2. The van der Waals surface area contributed by atoms with Gasteiger partial charge in [-0.2, -0.15) is 0 Å². The molecule has 2 aromatic carbocycles. The summed E-state index contributed by atoms with van der Waals surface area (Å²) in [4.78, 5) is 56.3. The summed E-state index contributed by atoms with van der Waals surface area (Å²) in [7, 11) is 5.36. The van der Waals surface area contributed by atoms with E-state index in [1.165, 1.54) is 12.1 Å². The quantitative estimate of drug-likeness (QED) is 0.379. The molecule has 222 valence electrons. The average Bonchev–Trinajstić information content (AvgIpc) is 2.92. The second kappa shape index (κ2) is 13.7. The molecule has 1 saturated carbocycles. The van der Waals surface area contributed by atoms with Crippen molar-refractivity contribution < 1.29 is 24.3 Å². The molecule has 0 aliphatic heterocycles. The summed E-state index contributed by atoms with van der Waals surface area (Å²) < 4.78 is 0. The van der Waals surface area contributed by atoms with E-state index in [0.29, 0.717) is 37.2 Å². The zero-order valence-electron chi connectivity index (χ0n) is 24.6. The number of benzene rings is 2. The van der Waals surface area contributed by atoms with Gasteiger partial charge in [-0.1, -0.05) is 12.1 Å². The Balaban J connectivity index is 2.14. The number of rotatable bonds is 11. The normalized spacial score (nSPS) is 19.6. The van der Waals surface area contributed by atoms with Crippen LogP contribution in [0.2, 0.25) is 0 Å². The number of nitrogens with zero attached hydrogens (tertiary/aromatic N) is 3. The van der Waals surface area contributed by atoms with Crippen LogP contribution in [-0.4, -0.2) is 74.0 Å². The number of carbonyl (C=O) groups is 4. The van der Waals surface area contributed by atoms with Crippen molar-refractivity contribution in [1.29, 1.82) is 0 Å². The second-order valence-corrected chi connectivity index (χ2v) is 11.5. The molecule has 2 unspecified atom stereocenters. The summed E-state index contributed by atoms with van der Waals surface area (Å²) in [6.07, 6.45) is 1.73. The molecule has 1 aliphatic rings. The lowest BCUT2D eigenvalue weighted by Gasteiger charge is -2.41. The van der Waals surface area contributed by atoms with E-state index in [-0.39, 0.29) is 53.6 Å². The Hall–Kier alpha value is -3.76. The van der Waals surface area contributed by atoms with Crippen LogP contribution in [0.3, 0.4) is 0 Å². The fourth-order valence-corrected chi connectivity index (χ4v) is 5.84. The van der Waals surface area contributed by atoms with Crippen molar-refractivity contribution in [1.82, 2.24) is 4.90 Å². The fraction of sp³-hybridized carbons (Fsp3) is 0.484. The number of hydrogen-bond acceptors (Lipinski definition) is 6. The van der Waals surface area contributed by atoms with Gasteiger partial charge in [0.05, 0.1) is 18.0 Å². The number of carboxylic acid groups (broad SMARTS) is 1. The fourth-order valence-electron chi connectivity index (χ4n) is 5.84. The average molecular weight is 566 g/mol. The minimum Gasteiger partial charge on any atom is -0.478 e. The molecular weight excluding hydrogens is 522 g/mol. The molecule has 1 fully saturated rings. The van der Waals surface area contributed by atoms with Crippen LogP contribution in [0.15, 0.2) is 48.5 Å². The number of carbonyl (C=O) groups excluding carboxylic acids is 3. The lowest BCUT2D eigenvalue weighted by Crippen LogP contribution is -2.46. The highest BCUT2D eigenvalue weighted by Crippen LogP contribution is 2.44. The number of aromatic carboxylic acids is 1. The topological polar surface area (TPSA) is 150 Å². The van der Waals surface area contributed by atoms with Gasteiger partial charge < -0.3 is 31.3 Å². The van der Waals surface area contributed by atoms with Crippen molar-refractivity contribution in [2.24, 2.45) is 29.2 Å². The molecule has 0 saturated heterocycles. The minimum absolute atomic E-state index is 0.0142. The lowest BCUT2D eigenvalue weighted by atomic mass is 9.66. The van der Waals surface area contributed by atoms with Crippen molar-refractivity contribution in [2.45, 2.75) is 45.1 Å². The third-order valence-corrected chi connectivity index (χ3v) is 8.04. The number of nitrogens with two attached hydrogens (primary N) is 2. The van der Waals surface area contributed by atoms with Gasteiger partial charge >= 0.3 is 5.97 Å². The number of amides is 3. The Morgan fingerprint density at radius 3 is 2.17 bits per heavy atom. The van der Waals surface area contributed by atoms with Crippen LogP contribution < -0.4 is 21.3 Å². The van der Waals surface area contributed by atoms with Gasteiger partial charge in [-0.05, 0) is 108 Å². The molecule has 0 bridgehead atoms. The number of carboxylic acids is 1. The van der Waals surface area contributed by atoms with E-state index in [9.17, 15) is 24.3 Å². The van der Waals surface area contributed by atoms with E-state index < -0.39 is 11.9 Å². The number of hydrogen-bond donors (Lipinski definition) is 3. The standard InChI is InChI=1S/C31H43N5O5/c1-19(2)36(24-13-11-20(12-14-24)31(40)41)30(39)28(26-16-22(29(33)38)9-10-23(26)17-32)21-7-6-8-25(15-21)35(5)27(37)18-34(3)4/h6-8,11-15,19,22-23,26,28H,9-10,16-18,32H2,1-5H3,(H2,33,38)(H,40,41)/t22-,23-,26?,28?/m1/s1. The van der Waals surface area contributed by atoms with Crippen molar-refractivity contribution in [3.8, 4) is 0 Å². The Bertz CT molecular complexity index is 1250. The predicted octanol–water partition coefficient (Wildman–Crippen LogP) is 2.91. The van der Waals surface area contributed by atoms with Crippen LogP contribution in [0.4, 0.5) is 11.4 Å². The third kappa shape index (κ3) is 7.51. The Morgan fingerprint density at radius 1 is 0.976 bits per heavy atom. The van der Waals surface area contributed by atoms with Crippen LogP contribution in [0.25, 0.3) is 0 Å². The maximum atomic E-state index is 14.7. The molecule has 5 N–H and O–H groups in total. The zero-order chi connectivity index (χ0) is 30.4. The van der Waals surface area contributed by atoms with Crippen LogP contribution in [0.1, 0.15) is 54.9 Å². The first kappa shape index (κ1) is 31.8. The molecule has 0 radical (unpaired) electrons. The third-order valence-electron chi connectivity index (χ3n) is 8.04. The molecule has 3 amide bonds. The summed E-state index contributed by atoms with van der Waals surface area (Å²) >= 11 is 0. The lowest BCUT2D eigenvalue weighted by molar-refractivity contribution is -0.127. The molecule has 0 spiro atoms. The van der Waals surface area contributed by atoms with Crippen molar-refractivity contribution in [3.05, 3.63) is 59.7 Å². The van der Waals surface area contributed by atoms with E-state index in [4.69, 9.17) is 11.5 Å². The van der Waals surface area contributed by atoms with E-state index in [2.05, 4.69) is 0 Å². The number of primary amides is 1. The Morgan fingerprint density at radius 2 is 1.63 bits per heavy atom. The first-order valence-corrected chi connectivity index (χ1v) is 14.0. The summed E-state index contributed by atoms with van der Waals surface area (Å²) in [6, 6.07) is 13.4. The molecule has 0 aromatic heterocycles. The van der Waals surface area contributed by atoms with Crippen molar-refractivity contribution in [3.63, 3.8) is 0 Å². The molecule has 10 heteroatoms. The van der Waals surface area contributed by atoms with Gasteiger partial charge in [0.25, 0.3) is 0 Å². The smallest absolute Gasteiger partial charge is 0.335 e. The van der Waals surface area contributed by atoms with Gasteiger partial charge in [0, 0.05) is 30.4 Å². The predicted molar refractivity (Wildman–Crippen MR) is 160 cm³/mol. The molecule has 10 nitrogen and oxygen atoms in total. The molecular formula is C31H43N5O5. The van der Waals surface area contributed by atoms with Gasteiger partial charge in [0.1, 0.15) is 0 Å². The first-order chi connectivity index (χ1) is 19.3. The molecule has 4 atom stereocenters. The molecule has 1 aliphatic carbocycles. The maximum absolute atomic E-state index is 14.7. The van der Waals surface area contributed by atoms with Crippen molar-refractivity contribution in [2.75, 3.05) is 44.0 Å².